The number of rotatable bonds is 9. The van der Waals surface area contributed by atoms with Gasteiger partial charge in [-0.2, -0.15) is 0 Å². The molecule has 1 aliphatic heterocycles. The lowest BCUT2D eigenvalue weighted by molar-refractivity contribution is 0.0226. The van der Waals surface area contributed by atoms with Gasteiger partial charge >= 0.3 is 0 Å². The molecule has 1 heterocycles. The van der Waals surface area contributed by atoms with Gasteiger partial charge < -0.3 is 10.1 Å². The number of para-hydroxylation sites is 1. The summed E-state index contributed by atoms with van der Waals surface area (Å²) in [5.41, 5.74) is 3.98. The van der Waals surface area contributed by atoms with Gasteiger partial charge in [-0.05, 0) is 42.3 Å². The van der Waals surface area contributed by atoms with Gasteiger partial charge in [-0.1, -0.05) is 60.7 Å². The Morgan fingerprint density at radius 2 is 1.45 bits per heavy atom. The molecule has 33 heavy (non-hydrogen) atoms. The van der Waals surface area contributed by atoms with Crippen molar-refractivity contribution in [3.63, 3.8) is 0 Å². The molecule has 1 atom stereocenters. The first-order valence-electron chi connectivity index (χ1n) is 11.7. The zero-order valence-corrected chi connectivity index (χ0v) is 19.3. The molecule has 1 aliphatic rings. The summed E-state index contributed by atoms with van der Waals surface area (Å²) in [7, 11) is 0. The standard InChI is InChI=1S/C28H33N3O2/c1-23(20-30-16-18-33-19-17-30)31(21-24-8-4-2-5-9-24)22-25-12-14-26(15-13-25)28(32)29-27-10-6-3-7-11-27/h2-15,23H,16-22H2,1H3,(H,29,32). The molecule has 5 heteroatoms. The summed E-state index contributed by atoms with van der Waals surface area (Å²) < 4.78 is 5.51. The molecule has 1 N–H and O–H groups in total. The minimum atomic E-state index is -0.0884. The Kier molecular flexibility index (Phi) is 8.25. The molecule has 172 valence electrons. The lowest BCUT2D eigenvalue weighted by atomic mass is 10.1. The van der Waals surface area contributed by atoms with Crippen molar-refractivity contribution in [3.05, 3.63) is 102 Å². The smallest absolute Gasteiger partial charge is 0.255 e. The normalized spacial score (nSPS) is 15.3. The average molecular weight is 444 g/mol. The quantitative estimate of drug-likeness (QED) is 0.522. The van der Waals surface area contributed by atoms with Gasteiger partial charge in [-0.25, -0.2) is 0 Å². The van der Waals surface area contributed by atoms with Crippen LogP contribution in [-0.2, 0) is 17.8 Å². The highest BCUT2D eigenvalue weighted by molar-refractivity contribution is 6.04. The molecule has 4 rings (SSSR count). The van der Waals surface area contributed by atoms with Crippen LogP contribution in [0.2, 0.25) is 0 Å². The Balaban J connectivity index is 1.42. The van der Waals surface area contributed by atoms with Crippen LogP contribution in [0.25, 0.3) is 0 Å². The van der Waals surface area contributed by atoms with E-state index in [0.29, 0.717) is 11.6 Å². The van der Waals surface area contributed by atoms with E-state index in [4.69, 9.17) is 4.74 Å². The van der Waals surface area contributed by atoms with Crippen molar-refractivity contribution in [3.8, 4) is 0 Å². The van der Waals surface area contributed by atoms with Crippen LogP contribution in [0, 0.1) is 0 Å². The van der Waals surface area contributed by atoms with E-state index in [1.165, 1.54) is 11.1 Å². The summed E-state index contributed by atoms with van der Waals surface area (Å²) in [5, 5.41) is 2.95. The van der Waals surface area contributed by atoms with Crippen molar-refractivity contribution in [2.24, 2.45) is 0 Å². The molecular formula is C28H33N3O2. The van der Waals surface area contributed by atoms with Crippen molar-refractivity contribution in [2.75, 3.05) is 38.2 Å². The highest BCUT2D eigenvalue weighted by Gasteiger charge is 2.20. The number of hydrogen-bond acceptors (Lipinski definition) is 4. The van der Waals surface area contributed by atoms with Crippen molar-refractivity contribution >= 4 is 11.6 Å². The zero-order chi connectivity index (χ0) is 22.9. The topological polar surface area (TPSA) is 44.8 Å². The van der Waals surface area contributed by atoms with Gasteiger partial charge in [0, 0.05) is 50.0 Å². The fourth-order valence-electron chi connectivity index (χ4n) is 4.18. The molecule has 1 unspecified atom stereocenters. The third-order valence-electron chi connectivity index (χ3n) is 6.11. The second-order valence-corrected chi connectivity index (χ2v) is 8.67. The highest BCUT2D eigenvalue weighted by atomic mass is 16.5. The second-order valence-electron chi connectivity index (χ2n) is 8.67. The molecule has 0 aromatic heterocycles. The van der Waals surface area contributed by atoms with E-state index in [1.54, 1.807) is 0 Å². The zero-order valence-electron chi connectivity index (χ0n) is 19.3. The number of ether oxygens (including phenoxy) is 1. The van der Waals surface area contributed by atoms with E-state index in [9.17, 15) is 4.79 Å². The number of amides is 1. The molecule has 0 bridgehead atoms. The molecule has 3 aromatic carbocycles. The highest BCUT2D eigenvalue weighted by Crippen LogP contribution is 2.16. The van der Waals surface area contributed by atoms with Crippen molar-refractivity contribution in [2.45, 2.75) is 26.1 Å². The van der Waals surface area contributed by atoms with Crippen LogP contribution >= 0.6 is 0 Å². The van der Waals surface area contributed by atoms with Crippen LogP contribution in [-0.4, -0.2) is 54.6 Å². The first-order chi connectivity index (χ1) is 16.2. The Hall–Kier alpha value is -2.99. The number of benzene rings is 3. The Morgan fingerprint density at radius 1 is 0.879 bits per heavy atom. The number of nitrogens with zero attached hydrogens (tertiary/aromatic N) is 2. The molecular weight excluding hydrogens is 410 g/mol. The molecule has 0 spiro atoms. The van der Waals surface area contributed by atoms with Crippen LogP contribution < -0.4 is 5.32 Å². The predicted molar refractivity (Wildman–Crippen MR) is 133 cm³/mol. The fourth-order valence-corrected chi connectivity index (χ4v) is 4.18. The lowest BCUT2D eigenvalue weighted by Crippen LogP contribution is -2.45. The molecule has 1 saturated heterocycles. The van der Waals surface area contributed by atoms with E-state index < -0.39 is 0 Å². The maximum atomic E-state index is 12.6. The third-order valence-corrected chi connectivity index (χ3v) is 6.11. The van der Waals surface area contributed by atoms with E-state index in [-0.39, 0.29) is 5.91 Å². The Labute approximate surface area is 197 Å². The van der Waals surface area contributed by atoms with Crippen molar-refractivity contribution < 1.29 is 9.53 Å². The Bertz CT molecular complexity index is 987. The first kappa shape index (κ1) is 23.2. The van der Waals surface area contributed by atoms with Gasteiger partial charge in [0.05, 0.1) is 13.2 Å². The number of carbonyl (C=O) groups excluding carboxylic acids is 1. The fraction of sp³-hybridized carbons (Fsp3) is 0.321. The minimum absolute atomic E-state index is 0.0884. The monoisotopic (exact) mass is 443 g/mol. The van der Waals surface area contributed by atoms with Gasteiger partial charge in [0.1, 0.15) is 0 Å². The largest absolute Gasteiger partial charge is 0.379 e. The summed E-state index contributed by atoms with van der Waals surface area (Å²) in [6, 6.07) is 28.5. The molecule has 0 saturated carbocycles. The molecule has 3 aromatic rings. The summed E-state index contributed by atoms with van der Waals surface area (Å²) in [6.45, 7) is 8.68. The molecule has 1 fully saturated rings. The first-order valence-corrected chi connectivity index (χ1v) is 11.7. The third kappa shape index (κ3) is 6.99. The van der Waals surface area contributed by atoms with Gasteiger partial charge in [0.25, 0.3) is 5.91 Å². The molecule has 1 amide bonds. The van der Waals surface area contributed by atoms with E-state index >= 15 is 0 Å². The number of carbonyl (C=O) groups is 1. The number of morpholine rings is 1. The van der Waals surface area contributed by atoms with Crippen LogP contribution in [0.15, 0.2) is 84.9 Å². The number of nitrogens with one attached hydrogen (secondary N) is 1. The van der Waals surface area contributed by atoms with Crippen molar-refractivity contribution in [1.82, 2.24) is 9.80 Å². The summed E-state index contributed by atoms with van der Waals surface area (Å²) in [5.74, 6) is -0.0884. The van der Waals surface area contributed by atoms with Gasteiger partial charge in [0.2, 0.25) is 0 Å². The predicted octanol–water partition coefficient (Wildman–Crippen LogP) is 4.66. The SMILES string of the molecule is CC(CN1CCOCC1)N(Cc1ccccc1)Cc1ccc(C(=O)Nc2ccccc2)cc1. The van der Waals surface area contributed by atoms with Crippen molar-refractivity contribution in [1.29, 1.82) is 0 Å². The second kappa shape index (κ2) is 11.8. The minimum Gasteiger partial charge on any atom is -0.379 e. The number of hydrogen-bond donors (Lipinski definition) is 1. The lowest BCUT2D eigenvalue weighted by Gasteiger charge is -2.35. The molecule has 5 nitrogen and oxygen atoms in total. The summed E-state index contributed by atoms with van der Waals surface area (Å²) in [6.07, 6.45) is 0. The van der Waals surface area contributed by atoms with Gasteiger partial charge in [0.15, 0.2) is 0 Å². The van der Waals surface area contributed by atoms with E-state index in [0.717, 1.165) is 51.6 Å². The maximum Gasteiger partial charge on any atom is 0.255 e. The maximum absolute atomic E-state index is 12.6. The van der Waals surface area contributed by atoms with Gasteiger partial charge in [-0.3, -0.25) is 14.6 Å². The van der Waals surface area contributed by atoms with Crippen LogP contribution in [0.5, 0.6) is 0 Å². The molecule has 0 radical (unpaired) electrons. The summed E-state index contributed by atoms with van der Waals surface area (Å²) in [4.78, 5) is 17.6. The average Bonchev–Trinajstić information content (AvgIpc) is 2.86. The van der Waals surface area contributed by atoms with Crippen LogP contribution in [0.1, 0.15) is 28.4 Å². The van der Waals surface area contributed by atoms with E-state index in [1.807, 2.05) is 42.5 Å². The summed E-state index contributed by atoms with van der Waals surface area (Å²) >= 11 is 0. The van der Waals surface area contributed by atoms with Gasteiger partial charge in [-0.15, -0.1) is 0 Å². The molecule has 0 aliphatic carbocycles. The van der Waals surface area contributed by atoms with E-state index in [2.05, 4.69) is 64.5 Å². The van der Waals surface area contributed by atoms with Crippen LogP contribution in [0.3, 0.4) is 0 Å². The Morgan fingerprint density at radius 3 is 2.09 bits per heavy atom. The number of anilines is 1. The van der Waals surface area contributed by atoms with Crippen LogP contribution in [0.4, 0.5) is 5.69 Å².